The predicted molar refractivity (Wildman–Crippen MR) is 94.8 cm³/mol. The summed E-state index contributed by atoms with van der Waals surface area (Å²) in [5.74, 6) is 0. The number of hydrogen-bond donors (Lipinski definition) is 0. The second-order valence-electron chi connectivity index (χ2n) is 6.24. The van der Waals surface area contributed by atoms with E-state index in [4.69, 9.17) is 0 Å². The summed E-state index contributed by atoms with van der Waals surface area (Å²) in [6.07, 6.45) is 9.75. The summed E-state index contributed by atoms with van der Waals surface area (Å²) in [6.45, 7) is 6.26. The maximum Gasteiger partial charge on any atom is 0.285 e. The lowest BCUT2D eigenvalue weighted by Crippen LogP contribution is -2.35. The van der Waals surface area contributed by atoms with E-state index in [1.807, 2.05) is 32.9 Å². The van der Waals surface area contributed by atoms with Crippen LogP contribution < -0.4 is 0 Å². The van der Waals surface area contributed by atoms with Gasteiger partial charge in [0.15, 0.2) is 0 Å². The first kappa shape index (κ1) is 21.1. The Morgan fingerprint density at radius 2 is 1.05 bits per heavy atom. The zero-order valence-corrected chi connectivity index (χ0v) is 16.2. The number of rotatable bonds is 13. The van der Waals surface area contributed by atoms with Crippen LogP contribution in [-0.2, 0) is 4.57 Å². The fourth-order valence-electron chi connectivity index (χ4n) is 2.67. The number of hydrogen-bond acceptors (Lipinski definition) is 1. The standard InChI is InChI=1S/C16H38N3OP/c1-7-9-11-13-15-18(5)21(20,17(3)4)19(6)16-14-12-10-8-2/h7-16H2,1-6H3. The summed E-state index contributed by atoms with van der Waals surface area (Å²) >= 11 is 0. The molecule has 21 heavy (non-hydrogen) atoms. The van der Waals surface area contributed by atoms with Crippen molar-refractivity contribution in [2.75, 3.05) is 41.3 Å². The third-order valence-corrected chi connectivity index (χ3v) is 7.30. The Balaban J connectivity index is 4.47. The molecule has 0 unspecified atom stereocenters. The molecule has 0 aromatic heterocycles. The van der Waals surface area contributed by atoms with Crippen molar-refractivity contribution in [2.24, 2.45) is 0 Å². The molecule has 0 spiro atoms. The monoisotopic (exact) mass is 319 g/mol. The van der Waals surface area contributed by atoms with Crippen molar-refractivity contribution in [3.05, 3.63) is 0 Å². The van der Waals surface area contributed by atoms with Gasteiger partial charge in [0.05, 0.1) is 0 Å². The normalized spacial score (nSPS) is 12.8. The summed E-state index contributed by atoms with van der Waals surface area (Å²) < 4.78 is 19.5. The lowest BCUT2D eigenvalue weighted by molar-refractivity contribution is 0.329. The van der Waals surface area contributed by atoms with Gasteiger partial charge in [-0.15, -0.1) is 0 Å². The molecule has 0 rings (SSSR count). The van der Waals surface area contributed by atoms with Crippen molar-refractivity contribution in [1.82, 2.24) is 14.0 Å². The van der Waals surface area contributed by atoms with E-state index in [2.05, 4.69) is 23.2 Å². The molecule has 0 bridgehead atoms. The predicted octanol–water partition coefficient (Wildman–Crippen LogP) is 4.68. The minimum absolute atomic E-state index is 0.911. The zero-order valence-electron chi connectivity index (χ0n) is 15.3. The van der Waals surface area contributed by atoms with Crippen LogP contribution in [0.5, 0.6) is 0 Å². The Bertz CT molecular complexity index is 275. The second-order valence-corrected chi connectivity index (χ2v) is 9.44. The van der Waals surface area contributed by atoms with E-state index >= 15 is 0 Å². The molecule has 0 saturated carbocycles. The average molecular weight is 319 g/mol. The van der Waals surface area contributed by atoms with E-state index < -0.39 is 7.59 Å². The molecule has 0 aromatic rings. The Morgan fingerprint density at radius 1 is 0.667 bits per heavy atom. The highest BCUT2D eigenvalue weighted by atomic mass is 31.2. The van der Waals surface area contributed by atoms with E-state index in [9.17, 15) is 4.57 Å². The minimum Gasteiger partial charge on any atom is -0.270 e. The second kappa shape index (κ2) is 11.6. The van der Waals surface area contributed by atoms with Crippen LogP contribution in [0.2, 0.25) is 0 Å². The maximum atomic E-state index is 13.4. The van der Waals surface area contributed by atoms with Crippen LogP contribution in [0, 0.1) is 0 Å². The molecule has 0 aromatic carbocycles. The van der Waals surface area contributed by atoms with Crippen molar-refractivity contribution >= 4 is 7.59 Å². The third-order valence-electron chi connectivity index (χ3n) is 4.08. The lowest BCUT2D eigenvalue weighted by atomic mass is 10.2. The topological polar surface area (TPSA) is 26.8 Å². The van der Waals surface area contributed by atoms with E-state index in [1.165, 1.54) is 38.5 Å². The van der Waals surface area contributed by atoms with Crippen molar-refractivity contribution in [1.29, 1.82) is 0 Å². The highest BCUT2D eigenvalue weighted by molar-refractivity contribution is 7.56. The smallest absolute Gasteiger partial charge is 0.270 e. The molecule has 0 aliphatic carbocycles. The molecule has 0 amide bonds. The highest BCUT2D eigenvalue weighted by Crippen LogP contribution is 2.53. The van der Waals surface area contributed by atoms with Crippen LogP contribution in [-0.4, -0.2) is 55.3 Å². The van der Waals surface area contributed by atoms with E-state index in [1.54, 1.807) is 0 Å². The summed E-state index contributed by atoms with van der Waals surface area (Å²) in [6, 6.07) is 0. The SMILES string of the molecule is CCCCCCN(C)P(=O)(N(C)C)N(C)CCCCCC. The van der Waals surface area contributed by atoms with Crippen molar-refractivity contribution in [2.45, 2.75) is 65.2 Å². The van der Waals surface area contributed by atoms with Gasteiger partial charge in [-0.2, -0.15) is 0 Å². The maximum absolute atomic E-state index is 13.4. The van der Waals surface area contributed by atoms with Crippen LogP contribution in [0.15, 0.2) is 0 Å². The quantitative estimate of drug-likeness (QED) is 0.364. The first-order valence-corrected chi connectivity index (χ1v) is 10.2. The van der Waals surface area contributed by atoms with Gasteiger partial charge in [-0.05, 0) is 41.0 Å². The molecule has 0 heterocycles. The average Bonchev–Trinajstić information content (AvgIpc) is 2.46. The van der Waals surface area contributed by atoms with Gasteiger partial charge in [0.2, 0.25) is 0 Å². The van der Waals surface area contributed by atoms with E-state index in [0.29, 0.717) is 0 Å². The van der Waals surface area contributed by atoms with Gasteiger partial charge in [-0.25, -0.2) is 14.0 Å². The van der Waals surface area contributed by atoms with Gasteiger partial charge in [-0.3, -0.25) is 4.57 Å². The fourth-order valence-corrected chi connectivity index (χ4v) is 5.21. The Morgan fingerprint density at radius 3 is 1.33 bits per heavy atom. The van der Waals surface area contributed by atoms with Gasteiger partial charge < -0.3 is 0 Å². The zero-order chi connectivity index (χ0) is 16.3. The van der Waals surface area contributed by atoms with Crippen molar-refractivity contribution in [3.63, 3.8) is 0 Å². The van der Waals surface area contributed by atoms with E-state index in [-0.39, 0.29) is 0 Å². The Kier molecular flexibility index (Phi) is 11.7. The van der Waals surface area contributed by atoms with Crippen LogP contribution >= 0.6 is 7.59 Å². The van der Waals surface area contributed by atoms with Gasteiger partial charge >= 0.3 is 0 Å². The first-order chi connectivity index (χ1) is 9.91. The lowest BCUT2D eigenvalue weighted by Gasteiger charge is -2.39. The van der Waals surface area contributed by atoms with Gasteiger partial charge in [-0.1, -0.05) is 52.4 Å². The highest BCUT2D eigenvalue weighted by Gasteiger charge is 2.34. The number of nitrogens with zero attached hydrogens (tertiary/aromatic N) is 3. The summed E-state index contributed by atoms with van der Waals surface area (Å²) in [5, 5.41) is 0. The molecule has 128 valence electrons. The Labute approximate surface area is 133 Å². The first-order valence-electron chi connectivity index (χ1n) is 8.62. The Hall–Kier alpha value is 0.110. The van der Waals surface area contributed by atoms with Crippen LogP contribution in [0.3, 0.4) is 0 Å². The summed E-state index contributed by atoms with van der Waals surface area (Å²) in [5.41, 5.74) is 0. The molecule has 5 heteroatoms. The third kappa shape index (κ3) is 7.27. The van der Waals surface area contributed by atoms with Crippen LogP contribution in [0.4, 0.5) is 0 Å². The molecule has 0 atom stereocenters. The van der Waals surface area contributed by atoms with E-state index in [0.717, 1.165) is 25.9 Å². The summed E-state index contributed by atoms with van der Waals surface area (Å²) in [7, 11) is 5.32. The van der Waals surface area contributed by atoms with Crippen LogP contribution in [0.25, 0.3) is 0 Å². The fraction of sp³-hybridized carbons (Fsp3) is 1.00. The molecule has 0 radical (unpaired) electrons. The molecule has 0 fully saturated rings. The molecule has 0 aliphatic rings. The number of unbranched alkanes of at least 4 members (excludes halogenated alkanes) is 6. The molecular weight excluding hydrogens is 281 g/mol. The molecule has 0 aliphatic heterocycles. The summed E-state index contributed by atoms with van der Waals surface area (Å²) in [4.78, 5) is 0. The van der Waals surface area contributed by atoms with Crippen molar-refractivity contribution in [3.8, 4) is 0 Å². The molecule has 0 saturated heterocycles. The van der Waals surface area contributed by atoms with Gasteiger partial charge in [0.1, 0.15) is 0 Å². The molecule has 4 nitrogen and oxygen atoms in total. The minimum atomic E-state index is -2.57. The molecular formula is C16H38N3OP. The van der Waals surface area contributed by atoms with Crippen molar-refractivity contribution < 1.29 is 4.57 Å². The van der Waals surface area contributed by atoms with Gasteiger partial charge in [0.25, 0.3) is 7.59 Å². The largest absolute Gasteiger partial charge is 0.285 e. The van der Waals surface area contributed by atoms with Crippen LogP contribution in [0.1, 0.15) is 65.2 Å². The van der Waals surface area contributed by atoms with Gasteiger partial charge in [0, 0.05) is 13.1 Å². The molecule has 0 N–H and O–H groups in total.